The Bertz CT molecular complexity index is 532. The molecule has 5 heteroatoms. The van der Waals surface area contributed by atoms with Crippen LogP contribution in [0.4, 0.5) is 0 Å². The van der Waals surface area contributed by atoms with Gasteiger partial charge in [0.2, 0.25) is 0 Å². The lowest BCUT2D eigenvalue weighted by Gasteiger charge is -2.09. The van der Waals surface area contributed by atoms with Gasteiger partial charge in [0.25, 0.3) is 0 Å². The van der Waals surface area contributed by atoms with Crippen LogP contribution in [0.15, 0.2) is 30.6 Å². The van der Waals surface area contributed by atoms with Crippen LogP contribution < -0.4 is 9.47 Å². The molecule has 17 heavy (non-hydrogen) atoms. The molecule has 2 aromatic rings. The summed E-state index contributed by atoms with van der Waals surface area (Å²) in [4.78, 5) is 8.20. The molecular weight excluding hydrogens is 240 g/mol. The van der Waals surface area contributed by atoms with Gasteiger partial charge in [-0.1, -0.05) is 11.6 Å². The summed E-state index contributed by atoms with van der Waals surface area (Å²) in [7, 11) is 3.21. The monoisotopic (exact) mass is 250 g/mol. The van der Waals surface area contributed by atoms with Crippen molar-refractivity contribution in [3.05, 3.63) is 35.7 Å². The third-order valence-electron chi connectivity index (χ3n) is 2.29. The summed E-state index contributed by atoms with van der Waals surface area (Å²) in [5.41, 5.74) is 1.44. The van der Waals surface area contributed by atoms with E-state index in [1.807, 2.05) is 18.2 Å². The molecule has 0 aliphatic carbocycles. The second-order valence-corrected chi connectivity index (χ2v) is 3.68. The first-order valence-electron chi connectivity index (χ1n) is 4.94. The van der Waals surface area contributed by atoms with Crippen molar-refractivity contribution in [1.82, 2.24) is 9.97 Å². The molecule has 0 fully saturated rings. The molecule has 1 heterocycles. The zero-order valence-electron chi connectivity index (χ0n) is 9.48. The van der Waals surface area contributed by atoms with Crippen LogP contribution in [0.3, 0.4) is 0 Å². The van der Waals surface area contributed by atoms with Crippen molar-refractivity contribution in [2.24, 2.45) is 0 Å². The number of ether oxygens (including phenoxy) is 2. The fourth-order valence-electron chi connectivity index (χ4n) is 1.49. The fraction of sp³-hybridized carbons (Fsp3) is 0.167. The number of rotatable bonds is 3. The molecule has 2 rings (SSSR count). The fourth-order valence-corrected chi connectivity index (χ4v) is 1.63. The van der Waals surface area contributed by atoms with E-state index in [1.165, 1.54) is 6.20 Å². The molecule has 0 bridgehead atoms. The molecule has 0 N–H and O–H groups in total. The molecule has 0 aliphatic heterocycles. The van der Waals surface area contributed by atoms with Crippen LogP contribution in [0, 0.1) is 0 Å². The van der Waals surface area contributed by atoms with E-state index in [4.69, 9.17) is 21.1 Å². The number of aromatic nitrogens is 2. The van der Waals surface area contributed by atoms with Crippen molar-refractivity contribution >= 4 is 11.6 Å². The van der Waals surface area contributed by atoms with Gasteiger partial charge in [-0.05, 0) is 18.2 Å². The quantitative estimate of drug-likeness (QED) is 0.840. The predicted octanol–water partition coefficient (Wildman–Crippen LogP) is 2.81. The van der Waals surface area contributed by atoms with Gasteiger partial charge in [-0.3, -0.25) is 4.98 Å². The number of methoxy groups -OCH3 is 2. The Hall–Kier alpha value is -1.81. The number of nitrogens with zero attached hydrogens (tertiary/aromatic N) is 2. The molecule has 0 aliphatic rings. The van der Waals surface area contributed by atoms with Crippen LogP contribution in [0.25, 0.3) is 11.3 Å². The van der Waals surface area contributed by atoms with Crippen molar-refractivity contribution in [1.29, 1.82) is 0 Å². The maximum Gasteiger partial charge on any atom is 0.148 e. The molecule has 0 radical (unpaired) electrons. The number of hydrogen-bond acceptors (Lipinski definition) is 4. The molecule has 0 saturated heterocycles. The highest BCUT2D eigenvalue weighted by Gasteiger charge is 2.09. The Balaban J connectivity index is 2.56. The standard InChI is InChI=1S/C12H11ClN2O2/c1-16-8-3-4-11(17-2)9(5-8)10-6-14-7-12(13)15-10/h3-7H,1-2H3. The Morgan fingerprint density at radius 1 is 1.12 bits per heavy atom. The highest BCUT2D eigenvalue weighted by Crippen LogP contribution is 2.32. The van der Waals surface area contributed by atoms with Gasteiger partial charge in [0.15, 0.2) is 0 Å². The van der Waals surface area contributed by atoms with E-state index in [-0.39, 0.29) is 0 Å². The van der Waals surface area contributed by atoms with E-state index in [0.29, 0.717) is 16.6 Å². The van der Waals surface area contributed by atoms with E-state index in [2.05, 4.69) is 9.97 Å². The Kier molecular flexibility index (Phi) is 3.44. The van der Waals surface area contributed by atoms with E-state index >= 15 is 0 Å². The van der Waals surface area contributed by atoms with Crippen molar-refractivity contribution in [2.75, 3.05) is 14.2 Å². The molecular formula is C12H11ClN2O2. The van der Waals surface area contributed by atoms with Crippen molar-refractivity contribution < 1.29 is 9.47 Å². The third kappa shape index (κ3) is 2.47. The molecule has 88 valence electrons. The van der Waals surface area contributed by atoms with Gasteiger partial charge < -0.3 is 9.47 Å². The van der Waals surface area contributed by atoms with E-state index in [9.17, 15) is 0 Å². The highest BCUT2D eigenvalue weighted by molar-refractivity contribution is 6.29. The average Bonchev–Trinajstić information content (AvgIpc) is 2.38. The topological polar surface area (TPSA) is 44.2 Å². The molecule has 0 amide bonds. The van der Waals surface area contributed by atoms with Crippen LogP contribution in [0.2, 0.25) is 5.15 Å². The number of hydrogen-bond donors (Lipinski definition) is 0. The van der Waals surface area contributed by atoms with Crippen LogP contribution in [-0.2, 0) is 0 Å². The van der Waals surface area contributed by atoms with Crippen LogP contribution >= 0.6 is 11.6 Å². The van der Waals surface area contributed by atoms with Crippen molar-refractivity contribution in [2.45, 2.75) is 0 Å². The normalized spacial score (nSPS) is 10.1. The summed E-state index contributed by atoms with van der Waals surface area (Å²) in [6.45, 7) is 0. The minimum absolute atomic E-state index is 0.340. The zero-order chi connectivity index (χ0) is 12.3. The summed E-state index contributed by atoms with van der Waals surface area (Å²) in [5, 5.41) is 0.340. The van der Waals surface area contributed by atoms with E-state index in [1.54, 1.807) is 20.4 Å². The first kappa shape index (κ1) is 11.7. The van der Waals surface area contributed by atoms with Gasteiger partial charge >= 0.3 is 0 Å². The maximum absolute atomic E-state index is 5.82. The van der Waals surface area contributed by atoms with E-state index < -0.39 is 0 Å². The molecule has 0 saturated carbocycles. The molecule has 0 atom stereocenters. The summed E-state index contributed by atoms with van der Waals surface area (Å²) in [6, 6.07) is 5.47. The molecule has 1 aromatic heterocycles. The minimum Gasteiger partial charge on any atom is -0.497 e. The lowest BCUT2D eigenvalue weighted by molar-refractivity contribution is 0.404. The zero-order valence-corrected chi connectivity index (χ0v) is 10.2. The van der Waals surface area contributed by atoms with Crippen LogP contribution in [0.1, 0.15) is 0 Å². The van der Waals surface area contributed by atoms with Gasteiger partial charge in [-0.25, -0.2) is 4.98 Å². The predicted molar refractivity (Wildman–Crippen MR) is 65.6 cm³/mol. The van der Waals surface area contributed by atoms with Crippen molar-refractivity contribution in [3.8, 4) is 22.8 Å². The summed E-state index contributed by atoms with van der Waals surface area (Å²) < 4.78 is 10.4. The molecule has 0 unspecified atom stereocenters. The largest absolute Gasteiger partial charge is 0.497 e. The second-order valence-electron chi connectivity index (χ2n) is 3.29. The average molecular weight is 251 g/mol. The van der Waals surface area contributed by atoms with Gasteiger partial charge in [-0.2, -0.15) is 0 Å². The summed E-state index contributed by atoms with van der Waals surface area (Å²) in [5.74, 6) is 1.42. The maximum atomic E-state index is 5.82. The summed E-state index contributed by atoms with van der Waals surface area (Å²) >= 11 is 5.82. The van der Waals surface area contributed by atoms with Crippen LogP contribution in [-0.4, -0.2) is 24.2 Å². The van der Waals surface area contributed by atoms with Gasteiger partial charge in [0.05, 0.1) is 32.3 Å². The number of halogens is 1. The van der Waals surface area contributed by atoms with E-state index in [0.717, 1.165) is 11.3 Å². The first-order chi connectivity index (χ1) is 8.24. The molecule has 1 aromatic carbocycles. The third-order valence-corrected chi connectivity index (χ3v) is 2.47. The lowest BCUT2D eigenvalue weighted by atomic mass is 10.1. The molecule has 0 spiro atoms. The molecule has 4 nitrogen and oxygen atoms in total. The summed E-state index contributed by atoms with van der Waals surface area (Å²) in [6.07, 6.45) is 3.11. The SMILES string of the molecule is COc1ccc(OC)c(-c2cncc(Cl)n2)c1. The van der Waals surface area contributed by atoms with Crippen LogP contribution in [0.5, 0.6) is 11.5 Å². The first-order valence-corrected chi connectivity index (χ1v) is 5.32. The number of benzene rings is 1. The Morgan fingerprint density at radius 2 is 1.94 bits per heavy atom. The second kappa shape index (κ2) is 5.01. The van der Waals surface area contributed by atoms with Crippen molar-refractivity contribution in [3.63, 3.8) is 0 Å². The van der Waals surface area contributed by atoms with Gasteiger partial charge in [0.1, 0.15) is 16.7 Å². The Labute approximate surface area is 104 Å². The smallest absolute Gasteiger partial charge is 0.148 e. The lowest BCUT2D eigenvalue weighted by Crippen LogP contribution is -1.93. The highest BCUT2D eigenvalue weighted by atomic mass is 35.5. The Morgan fingerprint density at radius 3 is 2.59 bits per heavy atom. The minimum atomic E-state index is 0.340. The van der Waals surface area contributed by atoms with Gasteiger partial charge in [-0.15, -0.1) is 0 Å². The van der Waals surface area contributed by atoms with Gasteiger partial charge in [0, 0.05) is 5.56 Å².